The molecule has 0 aliphatic carbocycles. The van der Waals surface area contributed by atoms with Crippen LogP contribution in [0.15, 0.2) is 12.1 Å². The summed E-state index contributed by atoms with van der Waals surface area (Å²) in [5.74, 6) is 0.885. The molecule has 16 heavy (non-hydrogen) atoms. The van der Waals surface area contributed by atoms with Crippen molar-refractivity contribution in [2.75, 3.05) is 20.3 Å². The van der Waals surface area contributed by atoms with Gasteiger partial charge in [0, 0.05) is 14.6 Å². The molecule has 3 rings (SSSR count). The molecule has 6 heteroatoms. The highest BCUT2D eigenvalue weighted by Gasteiger charge is 2.42. The van der Waals surface area contributed by atoms with Crippen LogP contribution in [0.5, 0.6) is 5.75 Å². The maximum atomic E-state index is 5.80. The average Bonchev–Trinajstić information content (AvgIpc) is 2.55. The van der Waals surface area contributed by atoms with E-state index in [0.29, 0.717) is 13.2 Å². The lowest BCUT2D eigenvalue weighted by atomic mass is 9.78. The standard InChI is InChI=1S/C10H11BINO3/c1-13-10-8-6(12)2-3-7-9(8)11(16-10)15-5-4-14-7/h2-3,10,13H,4-5H2,1H3/t10-/m0/s1. The van der Waals surface area contributed by atoms with Crippen LogP contribution in [0.1, 0.15) is 11.8 Å². The predicted octanol–water partition coefficient (Wildman–Crippen LogP) is 0.644. The van der Waals surface area contributed by atoms with Gasteiger partial charge in [-0.25, -0.2) is 0 Å². The largest absolute Gasteiger partial charge is 0.499 e. The Balaban J connectivity index is 2.17. The molecule has 0 bridgehead atoms. The highest BCUT2D eigenvalue weighted by Crippen LogP contribution is 2.31. The number of benzene rings is 1. The van der Waals surface area contributed by atoms with E-state index in [-0.39, 0.29) is 13.3 Å². The van der Waals surface area contributed by atoms with Crippen LogP contribution in [-0.4, -0.2) is 27.4 Å². The van der Waals surface area contributed by atoms with E-state index >= 15 is 0 Å². The quantitative estimate of drug-likeness (QED) is 0.606. The molecule has 1 N–H and O–H groups in total. The van der Waals surface area contributed by atoms with Gasteiger partial charge in [-0.15, -0.1) is 0 Å². The zero-order chi connectivity index (χ0) is 11.1. The fourth-order valence-corrected chi connectivity index (χ4v) is 2.88. The zero-order valence-electron chi connectivity index (χ0n) is 8.83. The Hall–Kier alpha value is -0.305. The van der Waals surface area contributed by atoms with E-state index in [2.05, 4.69) is 34.0 Å². The summed E-state index contributed by atoms with van der Waals surface area (Å²) in [6.45, 7) is 1.14. The van der Waals surface area contributed by atoms with Gasteiger partial charge in [0.05, 0.1) is 6.61 Å². The van der Waals surface area contributed by atoms with Crippen molar-refractivity contribution in [2.24, 2.45) is 0 Å². The van der Waals surface area contributed by atoms with Gasteiger partial charge in [-0.1, -0.05) is 0 Å². The van der Waals surface area contributed by atoms with E-state index in [4.69, 9.17) is 14.0 Å². The van der Waals surface area contributed by atoms with E-state index in [1.54, 1.807) is 0 Å². The number of hydrogen-bond acceptors (Lipinski definition) is 4. The van der Waals surface area contributed by atoms with Crippen molar-refractivity contribution in [1.82, 2.24) is 5.32 Å². The highest BCUT2D eigenvalue weighted by atomic mass is 127. The summed E-state index contributed by atoms with van der Waals surface area (Å²) in [6.07, 6.45) is -0.103. The van der Waals surface area contributed by atoms with Crippen molar-refractivity contribution >= 4 is 35.2 Å². The van der Waals surface area contributed by atoms with Crippen LogP contribution in [-0.2, 0) is 9.31 Å². The summed E-state index contributed by atoms with van der Waals surface area (Å²) in [5, 5.41) is 3.14. The third-order valence-corrected chi connectivity index (χ3v) is 3.76. The Bertz CT molecular complexity index is 429. The van der Waals surface area contributed by atoms with Crippen molar-refractivity contribution in [3.8, 4) is 5.75 Å². The fraction of sp³-hybridized carbons (Fsp3) is 0.400. The number of rotatable bonds is 1. The number of hydrogen-bond donors (Lipinski definition) is 1. The van der Waals surface area contributed by atoms with Crippen molar-refractivity contribution in [1.29, 1.82) is 0 Å². The van der Waals surface area contributed by atoms with Gasteiger partial charge in [0.25, 0.3) is 0 Å². The molecule has 0 fully saturated rings. The van der Waals surface area contributed by atoms with Gasteiger partial charge >= 0.3 is 7.12 Å². The first-order valence-electron chi connectivity index (χ1n) is 5.20. The average molecular weight is 331 g/mol. The number of nitrogens with one attached hydrogen (secondary N) is 1. The SMILES string of the molecule is CN[C@H]1OB2OCCOc3ccc(I)c1c32. The Morgan fingerprint density at radius 1 is 1.44 bits per heavy atom. The molecular formula is C10H11BINO3. The first kappa shape index (κ1) is 10.8. The van der Waals surface area contributed by atoms with Crippen LogP contribution in [0.25, 0.3) is 0 Å². The van der Waals surface area contributed by atoms with Gasteiger partial charge in [-0.05, 0) is 41.8 Å². The Labute approximate surface area is 108 Å². The Morgan fingerprint density at radius 3 is 3.12 bits per heavy atom. The van der Waals surface area contributed by atoms with Crippen LogP contribution in [0, 0.1) is 3.57 Å². The molecular weight excluding hydrogens is 320 g/mol. The van der Waals surface area contributed by atoms with E-state index < -0.39 is 0 Å². The summed E-state index contributed by atoms with van der Waals surface area (Å²) in [4.78, 5) is 0. The lowest BCUT2D eigenvalue weighted by molar-refractivity contribution is 0.128. The van der Waals surface area contributed by atoms with Crippen LogP contribution in [0.3, 0.4) is 0 Å². The second kappa shape index (κ2) is 4.17. The topological polar surface area (TPSA) is 39.7 Å². The minimum atomic E-state index is -0.292. The van der Waals surface area contributed by atoms with E-state index in [1.165, 1.54) is 3.57 Å². The first-order chi connectivity index (χ1) is 7.81. The molecule has 1 atom stereocenters. The van der Waals surface area contributed by atoms with Gasteiger partial charge in [0.2, 0.25) is 0 Å². The number of halogens is 1. The molecule has 0 radical (unpaired) electrons. The molecule has 84 valence electrons. The second-order valence-corrected chi connectivity index (χ2v) is 4.89. The smallest absolute Gasteiger partial charge is 0.492 e. The summed E-state index contributed by atoms with van der Waals surface area (Å²) >= 11 is 2.31. The highest BCUT2D eigenvalue weighted by molar-refractivity contribution is 14.1. The molecule has 2 heterocycles. The maximum absolute atomic E-state index is 5.80. The normalized spacial score (nSPS) is 22.6. The zero-order valence-corrected chi connectivity index (χ0v) is 11.0. The predicted molar refractivity (Wildman–Crippen MR) is 68.9 cm³/mol. The number of ether oxygens (including phenoxy) is 1. The van der Waals surface area contributed by atoms with Crippen molar-refractivity contribution in [3.05, 3.63) is 21.3 Å². The van der Waals surface area contributed by atoms with Gasteiger partial charge in [0.15, 0.2) is 0 Å². The minimum absolute atomic E-state index is 0.103. The Morgan fingerprint density at radius 2 is 2.31 bits per heavy atom. The third-order valence-electron chi connectivity index (χ3n) is 2.82. The van der Waals surface area contributed by atoms with Crippen LogP contribution < -0.4 is 15.5 Å². The van der Waals surface area contributed by atoms with E-state index in [0.717, 1.165) is 16.8 Å². The summed E-state index contributed by atoms with van der Waals surface area (Å²) in [7, 11) is 1.59. The monoisotopic (exact) mass is 331 g/mol. The van der Waals surface area contributed by atoms with Crippen molar-refractivity contribution in [3.63, 3.8) is 0 Å². The molecule has 1 aromatic rings. The Kier molecular flexibility index (Phi) is 2.82. The van der Waals surface area contributed by atoms with Gasteiger partial charge in [-0.3, -0.25) is 5.32 Å². The molecule has 0 aromatic heterocycles. The summed E-state index contributed by atoms with van der Waals surface area (Å²) in [6, 6.07) is 4.04. The van der Waals surface area contributed by atoms with Crippen LogP contribution in [0.2, 0.25) is 0 Å². The minimum Gasteiger partial charge on any atom is -0.492 e. The molecule has 0 amide bonds. The maximum Gasteiger partial charge on any atom is 0.499 e. The van der Waals surface area contributed by atoms with Gasteiger partial charge in [-0.2, -0.15) is 0 Å². The molecule has 0 saturated carbocycles. The van der Waals surface area contributed by atoms with Crippen LogP contribution >= 0.6 is 22.6 Å². The first-order valence-corrected chi connectivity index (χ1v) is 6.28. The van der Waals surface area contributed by atoms with Crippen molar-refractivity contribution < 1.29 is 14.0 Å². The lowest BCUT2D eigenvalue weighted by Gasteiger charge is -2.14. The van der Waals surface area contributed by atoms with Gasteiger partial charge in [0.1, 0.15) is 18.6 Å². The van der Waals surface area contributed by atoms with E-state index in [9.17, 15) is 0 Å². The molecule has 1 aromatic carbocycles. The molecule has 4 nitrogen and oxygen atoms in total. The molecule has 0 saturated heterocycles. The lowest BCUT2D eigenvalue weighted by Crippen LogP contribution is -2.32. The fourth-order valence-electron chi connectivity index (χ4n) is 2.13. The second-order valence-electron chi connectivity index (χ2n) is 3.73. The van der Waals surface area contributed by atoms with Crippen molar-refractivity contribution in [2.45, 2.75) is 6.23 Å². The molecule has 2 aliphatic heterocycles. The molecule has 2 aliphatic rings. The molecule has 0 spiro atoms. The van der Waals surface area contributed by atoms with Crippen LogP contribution in [0.4, 0.5) is 0 Å². The van der Waals surface area contributed by atoms with Gasteiger partial charge < -0.3 is 14.0 Å². The third kappa shape index (κ3) is 1.55. The molecule has 0 unspecified atom stereocenters. The summed E-state index contributed by atoms with van der Waals surface area (Å²) in [5.41, 5.74) is 2.19. The summed E-state index contributed by atoms with van der Waals surface area (Å²) < 4.78 is 18.3. The van der Waals surface area contributed by atoms with E-state index in [1.807, 2.05) is 13.1 Å².